The molecule has 0 aromatic heterocycles. The number of nitrogens with zero attached hydrogens (tertiary/aromatic N) is 2. The maximum Gasteiger partial charge on any atom is 0.0449 e. The van der Waals surface area contributed by atoms with Crippen LogP contribution in [-0.2, 0) is 0 Å². The predicted octanol–water partition coefficient (Wildman–Crippen LogP) is 4.13. The molecule has 0 radical (unpaired) electrons. The fourth-order valence-corrected chi connectivity index (χ4v) is 4.11. The van der Waals surface area contributed by atoms with Crippen LogP contribution >= 0.6 is 23.9 Å². The van der Waals surface area contributed by atoms with Gasteiger partial charge in [-0.15, -0.1) is 0 Å². The highest BCUT2D eigenvalue weighted by atomic mass is 32.2. The molecule has 0 heterocycles. The summed E-state index contributed by atoms with van der Waals surface area (Å²) in [6.07, 6.45) is 4.31. The average Bonchev–Trinajstić information content (AvgIpc) is 2.14. The minimum absolute atomic E-state index is 0.0719. The lowest BCUT2D eigenvalue weighted by Gasteiger charge is -2.55. The Hall–Kier alpha value is 0.620. The van der Waals surface area contributed by atoms with E-state index in [9.17, 15) is 0 Å². The van der Waals surface area contributed by atoms with Crippen molar-refractivity contribution < 1.29 is 0 Å². The first-order valence-corrected chi connectivity index (χ1v) is 8.41. The van der Waals surface area contributed by atoms with Crippen molar-refractivity contribution in [2.75, 3.05) is 19.6 Å². The number of likely N-dealkylation sites (N-methyl/N-ethyl adjacent to an activating group) is 1. The molecule has 0 aliphatic carbocycles. The second-order valence-corrected chi connectivity index (χ2v) is 8.09. The molecule has 0 aliphatic rings. The van der Waals surface area contributed by atoms with Gasteiger partial charge in [0.05, 0.1) is 0 Å². The molecule has 2 nitrogen and oxygen atoms in total. The third-order valence-corrected chi connectivity index (χ3v) is 6.23. The highest BCUT2D eigenvalue weighted by Crippen LogP contribution is 2.42. The molecule has 0 aliphatic heterocycles. The van der Waals surface area contributed by atoms with Crippen molar-refractivity contribution in [2.24, 2.45) is 0 Å². The molecule has 0 N–H and O–H groups in total. The summed E-state index contributed by atoms with van der Waals surface area (Å²) in [5.74, 6) is 0. The van der Waals surface area contributed by atoms with Gasteiger partial charge in [-0.2, -0.15) is 0 Å². The van der Waals surface area contributed by atoms with Crippen LogP contribution in [0.2, 0.25) is 0 Å². The minimum atomic E-state index is 0.0719. The maximum absolute atomic E-state index is 2.51. The van der Waals surface area contributed by atoms with E-state index in [1.54, 1.807) is 11.9 Å². The Morgan fingerprint density at radius 3 is 1.35 bits per heavy atom. The van der Waals surface area contributed by atoms with Gasteiger partial charge in [-0.05, 0) is 68.0 Å². The van der Waals surface area contributed by atoms with Crippen LogP contribution in [-0.4, -0.2) is 44.8 Å². The van der Waals surface area contributed by atoms with Gasteiger partial charge < -0.3 is 0 Å². The molecule has 0 saturated heterocycles. The molecule has 0 atom stereocenters. The van der Waals surface area contributed by atoms with Crippen molar-refractivity contribution in [3.63, 3.8) is 0 Å². The Bertz CT molecular complexity index is 244. The zero-order valence-electron chi connectivity index (χ0n) is 13.2. The van der Waals surface area contributed by atoms with Crippen molar-refractivity contribution in [3.05, 3.63) is 0 Å². The highest BCUT2D eigenvalue weighted by Gasteiger charge is 2.47. The number of hydrogen-bond acceptors (Lipinski definition) is 4. The third kappa shape index (κ3) is 3.55. The van der Waals surface area contributed by atoms with Gasteiger partial charge in [-0.25, -0.2) is 8.61 Å². The van der Waals surface area contributed by atoms with Gasteiger partial charge in [0.25, 0.3) is 0 Å². The third-order valence-electron chi connectivity index (χ3n) is 3.86. The van der Waals surface area contributed by atoms with Gasteiger partial charge >= 0.3 is 0 Å². The highest BCUT2D eigenvalue weighted by molar-refractivity contribution is 7.96. The normalized spacial score (nSPS) is 14.8. The van der Waals surface area contributed by atoms with Crippen molar-refractivity contribution in [1.29, 1.82) is 0 Å². The first kappa shape index (κ1) is 17.6. The zero-order chi connectivity index (χ0) is 14.1. The van der Waals surface area contributed by atoms with Crippen LogP contribution in [0.5, 0.6) is 0 Å². The van der Waals surface area contributed by atoms with E-state index in [2.05, 4.69) is 76.6 Å². The molecule has 4 heteroatoms. The molecular weight excluding hydrogens is 248 g/mol. The van der Waals surface area contributed by atoms with Crippen LogP contribution in [0.1, 0.15) is 48.5 Å². The number of hydrogen-bond donors (Lipinski definition) is 0. The van der Waals surface area contributed by atoms with Gasteiger partial charge in [0.2, 0.25) is 0 Å². The standard InChI is InChI=1S/C13H30N2S2/c1-11(2,3)15(17-10)13(6,7)12(4,5)14(8)16-9/h1-10H3. The van der Waals surface area contributed by atoms with E-state index in [4.69, 9.17) is 0 Å². The van der Waals surface area contributed by atoms with Crippen molar-refractivity contribution in [3.8, 4) is 0 Å². The van der Waals surface area contributed by atoms with E-state index in [0.717, 1.165) is 0 Å². The lowest BCUT2D eigenvalue weighted by Crippen LogP contribution is -2.64. The van der Waals surface area contributed by atoms with Gasteiger partial charge in [0, 0.05) is 16.6 Å². The van der Waals surface area contributed by atoms with E-state index in [-0.39, 0.29) is 16.6 Å². The van der Waals surface area contributed by atoms with Gasteiger partial charge in [-0.3, -0.25) is 0 Å². The maximum atomic E-state index is 2.51. The molecule has 17 heavy (non-hydrogen) atoms. The van der Waals surface area contributed by atoms with Gasteiger partial charge in [0.15, 0.2) is 0 Å². The van der Waals surface area contributed by atoms with E-state index in [0.29, 0.717) is 0 Å². The summed E-state index contributed by atoms with van der Waals surface area (Å²) in [5, 5.41) is 0. The smallest absolute Gasteiger partial charge is 0.0449 e. The second-order valence-electron chi connectivity index (χ2n) is 6.45. The largest absolute Gasteiger partial charge is 0.246 e. The summed E-state index contributed by atoms with van der Waals surface area (Å²) >= 11 is 3.63. The summed E-state index contributed by atoms with van der Waals surface area (Å²) in [6, 6.07) is 0. The Kier molecular flexibility index (Phi) is 5.93. The van der Waals surface area contributed by atoms with Crippen LogP contribution in [0.3, 0.4) is 0 Å². The Labute approximate surface area is 117 Å². The van der Waals surface area contributed by atoms with E-state index in [1.807, 2.05) is 11.9 Å². The average molecular weight is 279 g/mol. The Balaban J connectivity index is 5.36. The SMILES string of the molecule is CSN(C)C(C)(C)C(C)(C)N(SC)C(C)(C)C. The van der Waals surface area contributed by atoms with Crippen LogP contribution in [0.4, 0.5) is 0 Å². The zero-order valence-corrected chi connectivity index (χ0v) is 14.8. The summed E-state index contributed by atoms with van der Waals surface area (Å²) < 4.78 is 4.86. The molecular formula is C13H30N2S2. The van der Waals surface area contributed by atoms with E-state index >= 15 is 0 Å². The molecule has 0 bridgehead atoms. The van der Waals surface area contributed by atoms with Crippen LogP contribution in [0, 0.1) is 0 Å². The van der Waals surface area contributed by atoms with Crippen LogP contribution in [0.25, 0.3) is 0 Å². The monoisotopic (exact) mass is 278 g/mol. The van der Waals surface area contributed by atoms with Gasteiger partial charge in [0.1, 0.15) is 0 Å². The quantitative estimate of drug-likeness (QED) is 0.697. The summed E-state index contributed by atoms with van der Waals surface area (Å²) in [7, 11) is 2.17. The molecule has 0 amide bonds. The fraction of sp³-hybridized carbons (Fsp3) is 1.00. The van der Waals surface area contributed by atoms with E-state index in [1.165, 1.54) is 0 Å². The fourth-order valence-electron chi connectivity index (χ4n) is 2.20. The molecule has 0 rings (SSSR count). The van der Waals surface area contributed by atoms with Crippen molar-refractivity contribution in [2.45, 2.75) is 65.1 Å². The molecule has 0 aromatic rings. The minimum Gasteiger partial charge on any atom is -0.246 e. The molecule has 0 fully saturated rings. The topological polar surface area (TPSA) is 6.48 Å². The Morgan fingerprint density at radius 1 is 0.706 bits per heavy atom. The first-order chi connectivity index (χ1) is 7.42. The first-order valence-electron chi connectivity index (χ1n) is 6.05. The molecule has 0 unspecified atom stereocenters. The summed E-state index contributed by atoms with van der Waals surface area (Å²) in [6.45, 7) is 16.1. The molecule has 0 aromatic carbocycles. The summed E-state index contributed by atoms with van der Waals surface area (Å²) in [5.41, 5.74) is 0.310. The second kappa shape index (κ2) is 5.72. The lowest BCUT2D eigenvalue weighted by molar-refractivity contribution is 0.0317. The number of rotatable bonds is 5. The van der Waals surface area contributed by atoms with E-state index < -0.39 is 0 Å². The molecule has 104 valence electrons. The predicted molar refractivity (Wildman–Crippen MR) is 84.5 cm³/mol. The van der Waals surface area contributed by atoms with Crippen LogP contribution < -0.4 is 0 Å². The van der Waals surface area contributed by atoms with Crippen molar-refractivity contribution in [1.82, 2.24) is 8.61 Å². The van der Waals surface area contributed by atoms with Crippen LogP contribution in [0.15, 0.2) is 0 Å². The molecule has 0 saturated carbocycles. The Morgan fingerprint density at radius 2 is 1.12 bits per heavy atom. The summed E-state index contributed by atoms with van der Waals surface area (Å²) in [4.78, 5) is 0. The molecule has 0 spiro atoms. The van der Waals surface area contributed by atoms with Gasteiger partial charge in [-0.1, -0.05) is 23.9 Å². The lowest BCUT2D eigenvalue weighted by atomic mass is 9.80. The van der Waals surface area contributed by atoms with Crippen molar-refractivity contribution >= 4 is 23.9 Å².